The lowest BCUT2D eigenvalue weighted by atomic mass is 9.66. The smallest absolute Gasteiger partial charge is 0.324 e. The van der Waals surface area contributed by atoms with Gasteiger partial charge in [0, 0.05) is 19.3 Å². The van der Waals surface area contributed by atoms with Crippen LogP contribution in [0.2, 0.25) is 0 Å². The summed E-state index contributed by atoms with van der Waals surface area (Å²) in [6, 6.07) is 0. The van der Waals surface area contributed by atoms with Gasteiger partial charge in [-0.2, -0.15) is 0 Å². The molecule has 0 aromatic rings. The van der Waals surface area contributed by atoms with Gasteiger partial charge in [0.1, 0.15) is 12.9 Å². The maximum Gasteiger partial charge on any atom is 0.324 e. The molecule has 10 nitrogen and oxygen atoms in total. The van der Waals surface area contributed by atoms with Crippen LogP contribution in [0.4, 0.5) is 0 Å². The van der Waals surface area contributed by atoms with Crippen LogP contribution in [-0.2, 0) is 47.7 Å². The molecule has 1 fully saturated rings. The van der Waals surface area contributed by atoms with Crippen LogP contribution in [0.25, 0.3) is 0 Å². The molecule has 0 bridgehead atoms. The van der Waals surface area contributed by atoms with E-state index in [1.807, 2.05) is 0 Å². The molecule has 1 aliphatic rings. The van der Waals surface area contributed by atoms with Gasteiger partial charge in [-0.3, -0.25) is 24.0 Å². The maximum atomic E-state index is 13.1. The van der Waals surface area contributed by atoms with Gasteiger partial charge in [0.05, 0.1) is 39.0 Å². The zero-order valence-corrected chi connectivity index (χ0v) is 17.6. The molecule has 1 rings (SSSR count). The van der Waals surface area contributed by atoms with Crippen LogP contribution in [0.5, 0.6) is 0 Å². The van der Waals surface area contributed by atoms with Crippen molar-refractivity contribution in [3.05, 3.63) is 12.2 Å². The van der Waals surface area contributed by atoms with Gasteiger partial charge in [0.25, 0.3) is 0 Å². The summed E-state index contributed by atoms with van der Waals surface area (Å²) in [5.74, 6) is -4.03. The normalized spacial score (nSPS) is 22.7. The van der Waals surface area contributed by atoms with Crippen molar-refractivity contribution in [2.24, 2.45) is 11.3 Å². The first-order valence-electron chi connectivity index (χ1n) is 9.58. The summed E-state index contributed by atoms with van der Waals surface area (Å²) in [4.78, 5) is 60.3. The molecule has 0 unspecified atom stereocenters. The third-order valence-electron chi connectivity index (χ3n) is 4.64. The summed E-state index contributed by atoms with van der Waals surface area (Å²) < 4.78 is 25.9. The van der Waals surface area contributed by atoms with Gasteiger partial charge in [-0.25, -0.2) is 0 Å². The fourth-order valence-electron chi connectivity index (χ4n) is 3.42. The number of ether oxygens (including phenoxy) is 5. The second-order valence-electron chi connectivity index (χ2n) is 6.54. The maximum absolute atomic E-state index is 13.1. The van der Waals surface area contributed by atoms with Gasteiger partial charge in [-0.05, 0) is 19.9 Å². The van der Waals surface area contributed by atoms with E-state index in [4.69, 9.17) is 18.9 Å². The Bertz CT molecular complexity index is 650. The summed E-state index contributed by atoms with van der Waals surface area (Å²) in [5, 5.41) is 0. The Morgan fingerprint density at radius 1 is 1.07 bits per heavy atom. The molecule has 1 aliphatic heterocycles. The molecule has 3 atom stereocenters. The van der Waals surface area contributed by atoms with Crippen molar-refractivity contribution in [3.63, 3.8) is 0 Å². The summed E-state index contributed by atoms with van der Waals surface area (Å²) >= 11 is 0. The summed E-state index contributed by atoms with van der Waals surface area (Å²) in [5.41, 5.74) is -1.91. The fraction of sp³-hybridized carbons (Fsp3) is 0.650. The van der Waals surface area contributed by atoms with E-state index in [9.17, 15) is 24.0 Å². The lowest BCUT2D eigenvalue weighted by Crippen LogP contribution is -2.58. The standard InChI is InChI=1S/C20H28O10/c1-5-27-18(24)20(19(25)28-6-2)11-14(10-17(23)26-4)30-16(12-29-13(3)22)15(20)8-7-9-21/h7-9,14-16H,5-6,10-12H2,1-4H3/b8-7-/t14-,15-,16+/m0/s1. The van der Waals surface area contributed by atoms with Gasteiger partial charge in [0.2, 0.25) is 0 Å². The van der Waals surface area contributed by atoms with Crippen LogP contribution in [0.3, 0.4) is 0 Å². The molecule has 1 heterocycles. The number of allylic oxidation sites excluding steroid dienone is 1. The molecule has 0 spiro atoms. The van der Waals surface area contributed by atoms with Crippen molar-refractivity contribution < 1.29 is 47.7 Å². The van der Waals surface area contributed by atoms with Crippen LogP contribution in [-0.4, -0.2) is 69.3 Å². The zero-order valence-electron chi connectivity index (χ0n) is 17.6. The SMILES string of the molecule is CCOC(=O)C1(C(=O)OCC)C[C@H](CC(=O)OC)O[C@H](COC(C)=O)[C@@H]1/C=C\C=O. The number of esters is 4. The van der Waals surface area contributed by atoms with Crippen LogP contribution < -0.4 is 0 Å². The highest BCUT2D eigenvalue weighted by Gasteiger charge is 2.61. The van der Waals surface area contributed by atoms with Gasteiger partial charge < -0.3 is 23.7 Å². The zero-order chi connectivity index (χ0) is 22.7. The van der Waals surface area contributed by atoms with Crippen LogP contribution in [0.1, 0.15) is 33.6 Å². The van der Waals surface area contributed by atoms with E-state index in [0.717, 1.165) is 6.08 Å². The van der Waals surface area contributed by atoms with E-state index >= 15 is 0 Å². The number of aldehydes is 1. The Balaban J connectivity index is 3.55. The van der Waals surface area contributed by atoms with E-state index in [1.54, 1.807) is 13.8 Å². The minimum Gasteiger partial charge on any atom is -0.469 e. The van der Waals surface area contributed by atoms with Crippen molar-refractivity contribution in [2.45, 2.75) is 45.8 Å². The van der Waals surface area contributed by atoms with Gasteiger partial charge in [-0.15, -0.1) is 0 Å². The van der Waals surface area contributed by atoms with Crippen LogP contribution in [0.15, 0.2) is 12.2 Å². The highest BCUT2D eigenvalue weighted by Crippen LogP contribution is 2.46. The van der Waals surface area contributed by atoms with Crippen molar-refractivity contribution in [3.8, 4) is 0 Å². The molecule has 168 valence electrons. The lowest BCUT2D eigenvalue weighted by Gasteiger charge is -2.45. The minimum atomic E-state index is -1.91. The van der Waals surface area contributed by atoms with Gasteiger partial charge in [-0.1, -0.05) is 6.08 Å². The molecular formula is C20H28O10. The Labute approximate surface area is 174 Å². The molecule has 0 aromatic heterocycles. The molecule has 0 aromatic carbocycles. The number of rotatable bonds is 10. The minimum absolute atomic E-state index is 0.0127. The first-order chi connectivity index (χ1) is 14.3. The van der Waals surface area contributed by atoms with E-state index in [2.05, 4.69) is 4.74 Å². The highest BCUT2D eigenvalue weighted by molar-refractivity contribution is 6.01. The van der Waals surface area contributed by atoms with Crippen molar-refractivity contribution in [1.82, 2.24) is 0 Å². The van der Waals surface area contributed by atoms with Crippen LogP contribution >= 0.6 is 0 Å². The quantitative estimate of drug-likeness (QED) is 0.161. The van der Waals surface area contributed by atoms with Crippen molar-refractivity contribution >= 4 is 30.2 Å². The molecule has 0 N–H and O–H groups in total. The molecule has 0 amide bonds. The topological polar surface area (TPSA) is 132 Å². The molecule has 10 heteroatoms. The van der Waals surface area contributed by atoms with E-state index in [0.29, 0.717) is 6.29 Å². The summed E-state index contributed by atoms with van der Waals surface area (Å²) in [6.45, 7) is 4.00. The number of hydrogen-bond donors (Lipinski definition) is 0. The average Bonchev–Trinajstić information content (AvgIpc) is 2.70. The third-order valence-corrected chi connectivity index (χ3v) is 4.64. The highest BCUT2D eigenvalue weighted by atomic mass is 16.6. The predicted octanol–water partition coefficient (Wildman–Crippen LogP) is 0.754. The Morgan fingerprint density at radius 3 is 2.13 bits per heavy atom. The number of carbonyl (C=O) groups excluding carboxylic acids is 5. The largest absolute Gasteiger partial charge is 0.469 e. The first-order valence-corrected chi connectivity index (χ1v) is 9.58. The number of carbonyl (C=O) groups is 5. The molecular weight excluding hydrogens is 400 g/mol. The van der Waals surface area contributed by atoms with Crippen molar-refractivity contribution in [1.29, 1.82) is 0 Å². The predicted molar refractivity (Wildman–Crippen MR) is 101 cm³/mol. The molecule has 0 radical (unpaired) electrons. The second-order valence-corrected chi connectivity index (χ2v) is 6.54. The third kappa shape index (κ3) is 6.12. The number of methoxy groups -OCH3 is 1. The molecule has 1 saturated heterocycles. The molecule has 0 saturated carbocycles. The van der Waals surface area contributed by atoms with E-state index in [-0.39, 0.29) is 32.7 Å². The molecule has 0 aliphatic carbocycles. The summed E-state index contributed by atoms with van der Waals surface area (Å²) in [7, 11) is 1.20. The van der Waals surface area contributed by atoms with E-state index < -0.39 is 47.4 Å². The molecule has 30 heavy (non-hydrogen) atoms. The van der Waals surface area contributed by atoms with Crippen molar-refractivity contribution in [2.75, 3.05) is 26.9 Å². The van der Waals surface area contributed by atoms with E-state index in [1.165, 1.54) is 20.1 Å². The van der Waals surface area contributed by atoms with Crippen LogP contribution in [0, 0.1) is 11.3 Å². The lowest BCUT2D eigenvalue weighted by molar-refractivity contribution is -0.205. The first kappa shape index (κ1) is 25.3. The average molecular weight is 428 g/mol. The summed E-state index contributed by atoms with van der Waals surface area (Å²) in [6.07, 6.45) is 0.466. The Hall–Kier alpha value is -2.75. The van der Waals surface area contributed by atoms with Gasteiger partial charge in [0.15, 0.2) is 5.41 Å². The monoisotopic (exact) mass is 428 g/mol. The Kier molecular flexibility index (Phi) is 10.2. The second kappa shape index (κ2) is 12.1. The fourth-order valence-corrected chi connectivity index (χ4v) is 3.42. The van der Waals surface area contributed by atoms with Gasteiger partial charge >= 0.3 is 23.9 Å². The number of hydrogen-bond acceptors (Lipinski definition) is 10. The Morgan fingerprint density at radius 2 is 1.67 bits per heavy atom.